The summed E-state index contributed by atoms with van der Waals surface area (Å²) in [5.74, 6) is 1.53. The number of carbonyl (C=O) groups excluding carboxylic acids is 1. The van der Waals surface area contributed by atoms with Crippen molar-refractivity contribution in [3.05, 3.63) is 53.7 Å². The SMILES string of the molecule is Cc1ccc(C(=O)n2c(C)nc3ccccc32)o1. The highest BCUT2D eigenvalue weighted by atomic mass is 16.3. The van der Waals surface area contributed by atoms with Crippen LogP contribution in [0.3, 0.4) is 0 Å². The molecule has 2 heterocycles. The van der Waals surface area contributed by atoms with Crippen LogP contribution in [0.15, 0.2) is 40.8 Å². The summed E-state index contributed by atoms with van der Waals surface area (Å²) in [7, 11) is 0. The van der Waals surface area contributed by atoms with Crippen molar-refractivity contribution >= 4 is 16.9 Å². The molecule has 0 atom stereocenters. The lowest BCUT2D eigenvalue weighted by Crippen LogP contribution is -2.12. The Balaban J connectivity index is 2.20. The zero-order valence-electron chi connectivity index (χ0n) is 10.2. The molecule has 0 amide bonds. The Kier molecular flexibility index (Phi) is 2.30. The molecule has 0 unspecified atom stereocenters. The van der Waals surface area contributed by atoms with Gasteiger partial charge in [-0.3, -0.25) is 9.36 Å². The maximum absolute atomic E-state index is 12.4. The van der Waals surface area contributed by atoms with Crippen LogP contribution in [0.5, 0.6) is 0 Å². The van der Waals surface area contributed by atoms with E-state index in [2.05, 4.69) is 4.98 Å². The molecule has 3 aromatic rings. The molecule has 0 spiro atoms. The van der Waals surface area contributed by atoms with Gasteiger partial charge in [0.2, 0.25) is 0 Å². The molecule has 0 aliphatic rings. The molecule has 0 bridgehead atoms. The lowest BCUT2D eigenvalue weighted by Gasteiger charge is -2.02. The number of rotatable bonds is 1. The number of carbonyl (C=O) groups is 1. The predicted octanol–water partition coefficient (Wildman–Crippen LogP) is 2.93. The van der Waals surface area contributed by atoms with Crippen LogP contribution in [0, 0.1) is 13.8 Å². The van der Waals surface area contributed by atoms with Crippen molar-refractivity contribution in [2.24, 2.45) is 0 Å². The second kappa shape index (κ2) is 3.84. The van der Waals surface area contributed by atoms with Crippen molar-refractivity contribution in [2.45, 2.75) is 13.8 Å². The van der Waals surface area contributed by atoms with Crippen molar-refractivity contribution in [3.8, 4) is 0 Å². The summed E-state index contributed by atoms with van der Waals surface area (Å²) in [6, 6.07) is 11.0. The first-order valence-corrected chi connectivity index (χ1v) is 5.72. The average molecular weight is 240 g/mol. The third-order valence-corrected chi connectivity index (χ3v) is 2.88. The number of para-hydroxylation sites is 2. The zero-order chi connectivity index (χ0) is 12.7. The first-order chi connectivity index (χ1) is 8.66. The number of furan rings is 1. The van der Waals surface area contributed by atoms with Crippen LogP contribution in [0.4, 0.5) is 0 Å². The number of imidazole rings is 1. The number of benzene rings is 1. The molecule has 4 heteroatoms. The highest BCUT2D eigenvalue weighted by molar-refractivity contribution is 5.99. The van der Waals surface area contributed by atoms with Crippen molar-refractivity contribution in [1.82, 2.24) is 9.55 Å². The Hall–Kier alpha value is -2.36. The van der Waals surface area contributed by atoms with Gasteiger partial charge >= 0.3 is 0 Å². The molecule has 1 aromatic carbocycles. The molecule has 0 aliphatic heterocycles. The Morgan fingerprint density at radius 1 is 1.17 bits per heavy atom. The molecule has 4 nitrogen and oxygen atoms in total. The predicted molar refractivity (Wildman–Crippen MR) is 67.6 cm³/mol. The number of fused-ring (bicyclic) bond motifs is 1. The van der Waals surface area contributed by atoms with E-state index in [0.717, 1.165) is 16.8 Å². The first-order valence-electron chi connectivity index (χ1n) is 5.72. The fraction of sp³-hybridized carbons (Fsp3) is 0.143. The van der Waals surface area contributed by atoms with Crippen LogP contribution >= 0.6 is 0 Å². The Labute approximate surface area is 104 Å². The van der Waals surface area contributed by atoms with Crippen LogP contribution in [0.2, 0.25) is 0 Å². The minimum atomic E-state index is -0.186. The first kappa shape index (κ1) is 10.8. The molecule has 2 aromatic heterocycles. The van der Waals surface area contributed by atoms with E-state index in [4.69, 9.17) is 4.42 Å². The van der Waals surface area contributed by atoms with Gasteiger partial charge in [-0.15, -0.1) is 0 Å². The molecule has 0 saturated carbocycles. The van der Waals surface area contributed by atoms with E-state index in [1.165, 1.54) is 0 Å². The van der Waals surface area contributed by atoms with Crippen molar-refractivity contribution in [3.63, 3.8) is 0 Å². The molecule has 0 aliphatic carbocycles. The molecule has 90 valence electrons. The summed E-state index contributed by atoms with van der Waals surface area (Å²) in [5, 5.41) is 0. The van der Waals surface area contributed by atoms with Crippen molar-refractivity contribution in [2.75, 3.05) is 0 Å². The summed E-state index contributed by atoms with van der Waals surface area (Å²) in [4.78, 5) is 16.8. The molecular weight excluding hydrogens is 228 g/mol. The maximum Gasteiger partial charge on any atom is 0.299 e. The Morgan fingerprint density at radius 3 is 2.67 bits per heavy atom. The second-order valence-electron chi connectivity index (χ2n) is 4.20. The summed E-state index contributed by atoms with van der Waals surface area (Å²) in [6.07, 6.45) is 0. The number of hydrogen-bond acceptors (Lipinski definition) is 3. The molecule has 0 radical (unpaired) electrons. The minimum absolute atomic E-state index is 0.186. The van der Waals surface area contributed by atoms with Crippen LogP contribution in [0.1, 0.15) is 22.1 Å². The molecule has 0 saturated heterocycles. The maximum atomic E-state index is 12.4. The molecule has 3 rings (SSSR count). The van der Waals surface area contributed by atoms with Crippen LogP contribution in [-0.4, -0.2) is 15.5 Å². The summed E-state index contributed by atoms with van der Waals surface area (Å²) >= 11 is 0. The summed E-state index contributed by atoms with van der Waals surface area (Å²) in [6.45, 7) is 3.63. The lowest BCUT2D eigenvalue weighted by molar-refractivity contribution is 0.0933. The third-order valence-electron chi connectivity index (χ3n) is 2.88. The average Bonchev–Trinajstić information content (AvgIpc) is 2.91. The lowest BCUT2D eigenvalue weighted by atomic mass is 10.3. The topological polar surface area (TPSA) is 48.0 Å². The van der Waals surface area contributed by atoms with E-state index in [-0.39, 0.29) is 5.91 Å². The van der Waals surface area contributed by atoms with Crippen LogP contribution in [0.25, 0.3) is 11.0 Å². The van der Waals surface area contributed by atoms with Crippen molar-refractivity contribution < 1.29 is 9.21 Å². The van der Waals surface area contributed by atoms with Gasteiger partial charge in [-0.25, -0.2) is 4.98 Å². The molecular formula is C14H12N2O2. The van der Waals surface area contributed by atoms with Crippen LogP contribution in [-0.2, 0) is 0 Å². The highest BCUT2D eigenvalue weighted by Gasteiger charge is 2.18. The van der Waals surface area contributed by atoms with Crippen molar-refractivity contribution in [1.29, 1.82) is 0 Å². The zero-order valence-corrected chi connectivity index (χ0v) is 10.2. The number of aromatic nitrogens is 2. The molecule has 0 N–H and O–H groups in total. The number of hydrogen-bond donors (Lipinski definition) is 0. The van der Waals surface area contributed by atoms with Gasteiger partial charge in [0, 0.05) is 0 Å². The second-order valence-corrected chi connectivity index (χ2v) is 4.20. The van der Waals surface area contributed by atoms with Gasteiger partial charge in [-0.2, -0.15) is 0 Å². The number of aryl methyl sites for hydroxylation is 2. The normalized spacial score (nSPS) is 11.0. The van der Waals surface area contributed by atoms with Gasteiger partial charge < -0.3 is 4.42 Å². The number of nitrogens with zero attached hydrogens (tertiary/aromatic N) is 2. The van der Waals surface area contributed by atoms with E-state index in [0.29, 0.717) is 11.6 Å². The molecule has 0 fully saturated rings. The van der Waals surface area contributed by atoms with E-state index < -0.39 is 0 Å². The fourth-order valence-electron chi connectivity index (χ4n) is 2.06. The largest absolute Gasteiger partial charge is 0.456 e. The van der Waals surface area contributed by atoms with E-state index >= 15 is 0 Å². The van der Waals surface area contributed by atoms with E-state index in [1.807, 2.05) is 38.1 Å². The standard InChI is InChI=1S/C14H12N2O2/c1-9-7-8-13(18-9)14(17)16-10(2)15-11-5-3-4-6-12(11)16/h3-8H,1-2H3. The monoisotopic (exact) mass is 240 g/mol. The Bertz CT molecular complexity index is 737. The van der Waals surface area contributed by atoms with Gasteiger partial charge in [0.15, 0.2) is 5.76 Å². The van der Waals surface area contributed by atoms with Crippen LogP contribution < -0.4 is 0 Å². The smallest absolute Gasteiger partial charge is 0.299 e. The minimum Gasteiger partial charge on any atom is -0.456 e. The van der Waals surface area contributed by atoms with Gasteiger partial charge in [0.1, 0.15) is 11.6 Å². The third kappa shape index (κ3) is 1.54. The summed E-state index contributed by atoms with van der Waals surface area (Å²) < 4.78 is 6.95. The summed E-state index contributed by atoms with van der Waals surface area (Å²) in [5.41, 5.74) is 1.61. The van der Waals surface area contributed by atoms with Gasteiger partial charge in [0.05, 0.1) is 11.0 Å². The van der Waals surface area contributed by atoms with Gasteiger partial charge in [0.25, 0.3) is 5.91 Å². The van der Waals surface area contributed by atoms with E-state index in [9.17, 15) is 4.79 Å². The Morgan fingerprint density at radius 2 is 1.94 bits per heavy atom. The van der Waals surface area contributed by atoms with Gasteiger partial charge in [-0.05, 0) is 38.1 Å². The molecule has 18 heavy (non-hydrogen) atoms. The quantitative estimate of drug-likeness (QED) is 0.657. The van der Waals surface area contributed by atoms with E-state index in [1.54, 1.807) is 16.7 Å². The highest BCUT2D eigenvalue weighted by Crippen LogP contribution is 2.18. The van der Waals surface area contributed by atoms with Gasteiger partial charge in [-0.1, -0.05) is 12.1 Å². The fourth-order valence-corrected chi connectivity index (χ4v) is 2.06.